The molecule has 1 N–H and O–H groups in total. The van der Waals surface area contributed by atoms with E-state index < -0.39 is 33.5 Å². The van der Waals surface area contributed by atoms with Gasteiger partial charge in [-0.2, -0.15) is 0 Å². The summed E-state index contributed by atoms with van der Waals surface area (Å²) >= 11 is 0. The third-order valence-electron chi connectivity index (χ3n) is 6.41. The van der Waals surface area contributed by atoms with Gasteiger partial charge in [-0.15, -0.1) is 19.8 Å². The predicted molar refractivity (Wildman–Crippen MR) is 123 cm³/mol. The van der Waals surface area contributed by atoms with Crippen LogP contribution in [0.25, 0.3) is 0 Å². The van der Waals surface area contributed by atoms with Gasteiger partial charge in [0, 0.05) is 37.9 Å². The Labute approximate surface area is 201 Å². The lowest BCUT2D eigenvalue weighted by Crippen LogP contribution is -2.52. The van der Waals surface area contributed by atoms with Crippen LogP contribution in [0, 0.1) is 5.92 Å². The smallest absolute Gasteiger partial charge is 0.481 e. The van der Waals surface area contributed by atoms with Gasteiger partial charge in [0.15, 0.2) is 9.84 Å². The Kier molecular flexibility index (Phi) is 6.83. The van der Waals surface area contributed by atoms with Crippen LogP contribution in [-0.4, -0.2) is 62.3 Å². The summed E-state index contributed by atoms with van der Waals surface area (Å²) in [6.07, 6.45) is -2.96. The number of anilines is 1. The maximum Gasteiger partial charge on any atom is 0.573 e. The number of benzene rings is 2. The summed E-state index contributed by atoms with van der Waals surface area (Å²) in [5.41, 5.74) is 1.82. The van der Waals surface area contributed by atoms with E-state index in [1.54, 1.807) is 23.1 Å². The van der Waals surface area contributed by atoms with Crippen molar-refractivity contribution in [1.29, 1.82) is 0 Å². The number of fused-ring (bicyclic) bond motifs is 1. The number of aliphatic carboxylic acids is 1. The summed E-state index contributed by atoms with van der Waals surface area (Å²) in [6.45, 7) is 5.20. The maximum absolute atomic E-state index is 13.6. The number of sulfone groups is 1. The molecule has 1 heterocycles. The molecule has 2 unspecified atom stereocenters. The Hall–Kier alpha value is -3.05. The summed E-state index contributed by atoms with van der Waals surface area (Å²) in [5.74, 6) is -1.92. The first kappa shape index (κ1) is 25.1. The predicted octanol–water partition coefficient (Wildman–Crippen LogP) is 3.49. The number of hydrogen-bond acceptors (Lipinski definition) is 6. The first-order valence-corrected chi connectivity index (χ1v) is 12.6. The molecule has 1 aliphatic carbocycles. The molecule has 188 valence electrons. The van der Waals surface area contributed by atoms with Crippen LogP contribution in [0.15, 0.2) is 60.0 Å². The van der Waals surface area contributed by atoms with E-state index in [2.05, 4.69) is 11.3 Å². The zero-order chi connectivity index (χ0) is 25.4. The highest BCUT2D eigenvalue weighted by Crippen LogP contribution is 2.35. The van der Waals surface area contributed by atoms with Crippen LogP contribution in [0.5, 0.6) is 5.75 Å². The normalized spacial score (nSPS) is 19.7. The van der Waals surface area contributed by atoms with E-state index in [4.69, 9.17) is 0 Å². The van der Waals surface area contributed by atoms with Crippen molar-refractivity contribution in [3.05, 3.63) is 66.2 Å². The minimum Gasteiger partial charge on any atom is -0.481 e. The highest BCUT2D eigenvalue weighted by atomic mass is 32.2. The number of hydrogen-bond donors (Lipinski definition) is 1. The van der Waals surface area contributed by atoms with Crippen LogP contribution in [-0.2, 0) is 27.5 Å². The van der Waals surface area contributed by atoms with Gasteiger partial charge in [-0.1, -0.05) is 24.3 Å². The van der Waals surface area contributed by atoms with Gasteiger partial charge in [0.05, 0.1) is 10.8 Å². The van der Waals surface area contributed by atoms with Crippen LogP contribution in [0.3, 0.4) is 0 Å². The maximum atomic E-state index is 13.6. The van der Waals surface area contributed by atoms with Gasteiger partial charge in [-0.25, -0.2) is 8.42 Å². The number of nitrogens with zero attached hydrogens (tertiary/aromatic N) is 2. The number of carbonyl (C=O) groups is 1. The van der Waals surface area contributed by atoms with Crippen molar-refractivity contribution in [3.63, 3.8) is 0 Å². The van der Waals surface area contributed by atoms with E-state index in [1.165, 1.54) is 30.3 Å². The highest BCUT2D eigenvalue weighted by molar-refractivity contribution is 7.92. The van der Waals surface area contributed by atoms with Gasteiger partial charge in [0.1, 0.15) is 11.1 Å². The minimum atomic E-state index is -4.79. The summed E-state index contributed by atoms with van der Waals surface area (Å²) in [5, 5.41) is 8.37. The number of carboxylic acids is 1. The highest BCUT2D eigenvalue weighted by Gasteiger charge is 2.38. The van der Waals surface area contributed by atoms with Gasteiger partial charge in [0.2, 0.25) is 0 Å². The second-order valence-corrected chi connectivity index (χ2v) is 10.6. The van der Waals surface area contributed by atoms with E-state index in [0.29, 0.717) is 43.9 Å². The molecule has 1 aliphatic heterocycles. The molecular weight excluding hydrogens is 485 g/mol. The van der Waals surface area contributed by atoms with Crippen molar-refractivity contribution in [2.24, 2.45) is 5.92 Å². The first-order chi connectivity index (χ1) is 16.5. The molecule has 11 heteroatoms. The number of halogens is 3. The van der Waals surface area contributed by atoms with Crippen molar-refractivity contribution < 1.29 is 36.2 Å². The Balaban J connectivity index is 1.50. The molecule has 0 spiro atoms. The van der Waals surface area contributed by atoms with E-state index in [-0.39, 0.29) is 17.1 Å². The summed E-state index contributed by atoms with van der Waals surface area (Å²) in [7, 11) is -3.88. The Bertz CT molecular complexity index is 1220. The van der Waals surface area contributed by atoms with Crippen LogP contribution < -0.4 is 9.64 Å². The molecule has 0 saturated carbocycles. The second kappa shape index (κ2) is 9.54. The van der Waals surface area contributed by atoms with Gasteiger partial charge in [0.25, 0.3) is 0 Å². The summed E-state index contributed by atoms with van der Waals surface area (Å²) in [4.78, 5) is 15.2. The third-order valence-corrected chi connectivity index (χ3v) is 8.53. The van der Waals surface area contributed by atoms with Crippen molar-refractivity contribution in [2.45, 2.75) is 29.5 Å². The lowest BCUT2D eigenvalue weighted by Gasteiger charge is -2.39. The van der Waals surface area contributed by atoms with E-state index in [1.807, 2.05) is 4.90 Å². The van der Waals surface area contributed by atoms with Gasteiger partial charge in [-0.3, -0.25) is 9.69 Å². The third kappa shape index (κ3) is 5.30. The fourth-order valence-electron chi connectivity index (χ4n) is 4.77. The zero-order valence-corrected chi connectivity index (χ0v) is 19.6. The van der Waals surface area contributed by atoms with Crippen LogP contribution in [0.1, 0.15) is 11.1 Å². The fourth-order valence-corrected chi connectivity index (χ4v) is 6.72. The zero-order valence-electron chi connectivity index (χ0n) is 18.7. The van der Waals surface area contributed by atoms with Gasteiger partial charge in [-0.05, 0) is 42.2 Å². The standard InChI is InChI=1S/C24H25F3N2O5S/c1-2-22(35(32,33)21-8-3-5-16-13-17(23(30)31)14-20(16)21)29-11-9-28(10-12-29)18-6-4-7-19(15-18)34-24(25,26)27/h2-8,15,17,22H,1,9-14H2,(H,30,31). The molecule has 0 bridgehead atoms. The molecule has 35 heavy (non-hydrogen) atoms. The quantitative estimate of drug-likeness (QED) is 0.571. The average Bonchev–Trinajstić information content (AvgIpc) is 3.24. The summed E-state index contributed by atoms with van der Waals surface area (Å²) < 4.78 is 68.9. The van der Waals surface area contributed by atoms with E-state index in [9.17, 15) is 31.5 Å². The van der Waals surface area contributed by atoms with Gasteiger partial charge < -0.3 is 14.7 Å². The van der Waals surface area contributed by atoms with Crippen LogP contribution >= 0.6 is 0 Å². The summed E-state index contributed by atoms with van der Waals surface area (Å²) in [6, 6.07) is 10.6. The minimum absolute atomic E-state index is 0.128. The monoisotopic (exact) mass is 510 g/mol. The Morgan fingerprint density at radius 1 is 1.11 bits per heavy atom. The lowest BCUT2D eigenvalue weighted by atomic mass is 10.1. The topological polar surface area (TPSA) is 87.2 Å². The number of piperazine rings is 1. The lowest BCUT2D eigenvalue weighted by molar-refractivity contribution is -0.274. The molecule has 4 rings (SSSR count). The number of rotatable bonds is 7. The molecule has 1 fully saturated rings. The molecular formula is C24H25F3N2O5S. The molecule has 0 aromatic heterocycles. The fraction of sp³-hybridized carbons (Fsp3) is 0.375. The largest absolute Gasteiger partial charge is 0.573 e. The molecule has 2 aromatic rings. The molecule has 7 nitrogen and oxygen atoms in total. The number of alkyl halides is 3. The molecule has 2 atom stereocenters. The van der Waals surface area contributed by atoms with Crippen molar-refractivity contribution in [3.8, 4) is 5.75 Å². The molecule has 0 amide bonds. The molecule has 1 saturated heterocycles. The number of ether oxygens (including phenoxy) is 1. The SMILES string of the molecule is C=CC(N1CCN(c2cccc(OC(F)(F)F)c2)CC1)S(=O)(=O)c1cccc2c1CC(C(=O)O)C2. The van der Waals surface area contributed by atoms with Crippen LogP contribution in [0.2, 0.25) is 0 Å². The van der Waals surface area contributed by atoms with Crippen molar-refractivity contribution in [2.75, 3.05) is 31.1 Å². The molecule has 2 aromatic carbocycles. The Morgan fingerprint density at radius 2 is 1.80 bits per heavy atom. The number of carboxylic acid groups (broad SMARTS) is 1. The van der Waals surface area contributed by atoms with Gasteiger partial charge >= 0.3 is 12.3 Å². The second-order valence-electron chi connectivity index (χ2n) is 8.58. The van der Waals surface area contributed by atoms with E-state index >= 15 is 0 Å². The Morgan fingerprint density at radius 3 is 2.43 bits per heavy atom. The van der Waals surface area contributed by atoms with Crippen molar-refractivity contribution in [1.82, 2.24) is 4.90 Å². The molecule has 2 aliphatic rings. The first-order valence-electron chi connectivity index (χ1n) is 11.0. The van der Waals surface area contributed by atoms with E-state index in [0.717, 1.165) is 5.56 Å². The van der Waals surface area contributed by atoms with Crippen LogP contribution in [0.4, 0.5) is 18.9 Å². The molecule has 0 radical (unpaired) electrons. The van der Waals surface area contributed by atoms with Crippen molar-refractivity contribution >= 4 is 21.5 Å². The average molecular weight is 511 g/mol.